The molecule has 11 heteroatoms. The molecule has 0 saturated heterocycles. The van der Waals surface area contributed by atoms with Crippen LogP contribution in [0.3, 0.4) is 0 Å². The second-order valence-electron chi connectivity index (χ2n) is 8.02. The third kappa shape index (κ3) is 12.0. The van der Waals surface area contributed by atoms with Crippen LogP contribution in [0, 0.1) is 5.92 Å². The van der Waals surface area contributed by atoms with Crippen LogP contribution in [0.4, 0.5) is 11.4 Å². The molecule has 0 aliphatic carbocycles. The molecular weight excluding hydrogens is 490 g/mol. The fourth-order valence-electron chi connectivity index (χ4n) is 3.18. The molecule has 0 fully saturated rings. The Balaban J connectivity index is 0.00000352. The van der Waals surface area contributed by atoms with Gasteiger partial charge in [-0.05, 0) is 48.9 Å². The number of carbonyl (C=O) groups is 4. The number of guanidine groups is 1. The van der Waals surface area contributed by atoms with Gasteiger partial charge in [0.05, 0.1) is 31.2 Å². The van der Waals surface area contributed by atoms with Crippen LogP contribution in [-0.2, 0) is 14.4 Å². The molecule has 38 heavy (non-hydrogen) atoms. The maximum Gasteiger partial charge on any atom is 0.304 e. The van der Waals surface area contributed by atoms with Crippen molar-refractivity contribution in [2.24, 2.45) is 22.4 Å². The van der Waals surface area contributed by atoms with E-state index in [1.54, 1.807) is 36.4 Å². The number of aliphatic carboxylic acids is 1. The van der Waals surface area contributed by atoms with Crippen LogP contribution in [0.5, 0.6) is 5.75 Å². The molecule has 0 bridgehead atoms. The molecule has 2 rings (SSSR count). The maximum atomic E-state index is 12.7. The van der Waals surface area contributed by atoms with E-state index in [0.717, 1.165) is 12.8 Å². The molecule has 7 N–H and O–H groups in total. The van der Waals surface area contributed by atoms with Gasteiger partial charge in [0, 0.05) is 17.7 Å². The minimum absolute atomic E-state index is 0.165. The number of hydrogen-bond donors (Lipinski definition) is 5. The van der Waals surface area contributed by atoms with Crippen LogP contribution in [0.15, 0.2) is 53.5 Å². The van der Waals surface area contributed by atoms with Gasteiger partial charge in [0.15, 0.2) is 11.7 Å². The molecule has 2 amide bonds. The molecule has 0 saturated carbocycles. The predicted molar refractivity (Wildman–Crippen MR) is 146 cm³/mol. The fraction of sp³-hybridized carbons (Fsp3) is 0.370. The average molecular weight is 528 g/mol. The smallest absolute Gasteiger partial charge is 0.304 e. The number of Topliss-reactive ketones (excluding diaryl/α,β-unsaturated/α-hetero) is 1. The summed E-state index contributed by atoms with van der Waals surface area (Å²) in [4.78, 5) is 52.6. The first-order valence-corrected chi connectivity index (χ1v) is 12.4. The van der Waals surface area contributed by atoms with Crippen molar-refractivity contribution in [2.75, 3.05) is 18.5 Å². The van der Waals surface area contributed by atoms with Crippen LogP contribution in [-0.4, -0.2) is 47.8 Å². The largest absolute Gasteiger partial charge is 0.494 e. The summed E-state index contributed by atoms with van der Waals surface area (Å²) < 4.78 is 5.57. The Labute approximate surface area is 222 Å². The summed E-state index contributed by atoms with van der Waals surface area (Å²) in [6.45, 7) is 6.27. The highest BCUT2D eigenvalue weighted by Crippen LogP contribution is 2.19. The van der Waals surface area contributed by atoms with Crippen molar-refractivity contribution in [3.63, 3.8) is 0 Å². The number of carboxylic acid groups (broad SMARTS) is 1. The Kier molecular flexibility index (Phi) is 14.2. The van der Waals surface area contributed by atoms with E-state index >= 15 is 0 Å². The molecule has 2 aromatic rings. The van der Waals surface area contributed by atoms with Crippen LogP contribution in [0.1, 0.15) is 56.8 Å². The van der Waals surface area contributed by atoms with E-state index in [2.05, 4.69) is 22.5 Å². The van der Waals surface area contributed by atoms with E-state index in [4.69, 9.17) is 16.2 Å². The highest BCUT2D eigenvalue weighted by Gasteiger charge is 2.25. The SMILES string of the molecule is CC.CCCCOc1ccc(NC(=O)[C@H](CC(=O)O)CC(=O)CNC(=O)c2cccc(N=C(N)N)c2)cc1. The lowest BCUT2D eigenvalue weighted by atomic mass is 9.97. The molecule has 0 spiro atoms. The number of anilines is 1. The van der Waals surface area contributed by atoms with Crippen molar-refractivity contribution in [3.8, 4) is 5.75 Å². The van der Waals surface area contributed by atoms with Crippen molar-refractivity contribution in [1.29, 1.82) is 0 Å². The average Bonchev–Trinajstić information content (AvgIpc) is 2.88. The van der Waals surface area contributed by atoms with E-state index < -0.39 is 35.9 Å². The summed E-state index contributed by atoms with van der Waals surface area (Å²) >= 11 is 0. The molecule has 0 aromatic heterocycles. The molecule has 2 aromatic carbocycles. The number of carbonyl (C=O) groups excluding carboxylic acids is 3. The van der Waals surface area contributed by atoms with Crippen molar-refractivity contribution >= 4 is 40.9 Å². The Morgan fingerprint density at radius 3 is 2.32 bits per heavy atom. The number of carboxylic acids is 1. The van der Waals surface area contributed by atoms with E-state index in [1.807, 2.05) is 13.8 Å². The van der Waals surface area contributed by atoms with Crippen LogP contribution >= 0.6 is 0 Å². The van der Waals surface area contributed by atoms with Gasteiger partial charge in [-0.25, -0.2) is 4.99 Å². The van der Waals surface area contributed by atoms with Crippen LogP contribution in [0.25, 0.3) is 0 Å². The zero-order valence-corrected chi connectivity index (χ0v) is 22.0. The highest BCUT2D eigenvalue weighted by molar-refractivity contribution is 6.00. The third-order valence-electron chi connectivity index (χ3n) is 4.97. The normalized spacial score (nSPS) is 10.7. The highest BCUT2D eigenvalue weighted by atomic mass is 16.5. The van der Waals surface area contributed by atoms with Gasteiger partial charge in [-0.1, -0.05) is 33.3 Å². The lowest BCUT2D eigenvalue weighted by Crippen LogP contribution is -2.33. The van der Waals surface area contributed by atoms with Crippen molar-refractivity contribution in [2.45, 2.75) is 46.5 Å². The number of rotatable bonds is 14. The second-order valence-corrected chi connectivity index (χ2v) is 8.02. The molecule has 0 unspecified atom stereocenters. The second kappa shape index (κ2) is 17.1. The topological polar surface area (TPSA) is 186 Å². The molecule has 0 radical (unpaired) electrons. The molecular formula is C27H37N5O6. The van der Waals surface area contributed by atoms with Gasteiger partial charge >= 0.3 is 5.97 Å². The van der Waals surface area contributed by atoms with Crippen molar-refractivity contribution < 1.29 is 29.0 Å². The number of nitrogens with zero attached hydrogens (tertiary/aromatic N) is 1. The summed E-state index contributed by atoms with van der Waals surface area (Å²) in [7, 11) is 0. The third-order valence-corrected chi connectivity index (χ3v) is 4.97. The van der Waals surface area contributed by atoms with E-state index in [-0.39, 0.29) is 24.5 Å². The van der Waals surface area contributed by atoms with Crippen LogP contribution < -0.4 is 26.8 Å². The Bertz CT molecular complexity index is 1100. The number of nitrogens with one attached hydrogen (secondary N) is 2. The Hall–Kier alpha value is -4.41. The monoisotopic (exact) mass is 527 g/mol. The fourth-order valence-corrected chi connectivity index (χ4v) is 3.18. The standard InChI is InChI=1S/C25H31N5O6.C2H6/c1-2-3-11-36-21-9-7-18(8-10-21)29-24(35)17(14-22(32)33)13-20(31)15-28-23(34)16-5-4-6-19(12-16)30-25(26)27;1-2/h4-10,12,17H,2-3,11,13-15H2,1H3,(H,28,34)(H,29,35)(H,32,33)(H4,26,27,30);1-2H3/t17-;/m0./s1. The quantitative estimate of drug-likeness (QED) is 0.141. The van der Waals surface area contributed by atoms with E-state index in [0.29, 0.717) is 23.7 Å². The number of unbranched alkanes of at least 4 members (excludes halogenated alkanes) is 1. The first kappa shape index (κ1) is 31.6. The number of amides is 2. The molecule has 0 aliphatic rings. The summed E-state index contributed by atoms with van der Waals surface area (Å²) in [5, 5.41) is 14.3. The molecule has 0 aliphatic heterocycles. The zero-order valence-electron chi connectivity index (χ0n) is 22.0. The Morgan fingerprint density at radius 1 is 1.03 bits per heavy atom. The van der Waals surface area contributed by atoms with Crippen LogP contribution in [0.2, 0.25) is 0 Å². The number of hydrogen-bond acceptors (Lipinski definition) is 6. The van der Waals surface area contributed by atoms with Gasteiger partial charge in [-0.3, -0.25) is 19.2 Å². The first-order chi connectivity index (χ1) is 18.2. The number of nitrogens with two attached hydrogens (primary N) is 2. The summed E-state index contributed by atoms with van der Waals surface area (Å²) in [5.74, 6) is -3.50. The lowest BCUT2D eigenvalue weighted by molar-refractivity contribution is -0.140. The van der Waals surface area contributed by atoms with Gasteiger partial charge in [0.25, 0.3) is 5.91 Å². The summed E-state index contributed by atoms with van der Waals surface area (Å²) in [6, 6.07) is 12.8. The minimum Gasteiger partial charge on any atom is -0.494 e. The number of ether oxygens (including phenoxy) is 1. The first-order valence-electron chi connectivity index (χ1n) is 12.4. The molecule has 11 nitrogen and oxygen atoms in total. The Morgan fingerprint density at radius 2 is 1.71 bits per heavy atom. The van der Waals surface area contributed by atoms with E-state index in [1.165, 1.54) is 12.1 Å². The number of ketones is 1. The molecule has 206 valence electrons. The zero-order chi connectivity index (χ0) is 28.5. The summed E-state index contributed by atoms with van der Waals surface area (Å²) in [5.41, 5.74) is 11.7. The predicted octanol–water partition coefficient (Wildman–Crippen LogP) is 3.22. The number of benzene rings is 2. The maximum absolute atomic E-state index is 12.7. The van der Waals surface area contributed by atoms with Crippen molar-refractivity contribution in [3.05, 3.63) is 54.1 Å². The van der Waals surface area contributed by atoms with Gasteiger partial charge in [-0.15, -0.1) is 0 Å². The minimum atomic E-state index is -1.22. The number of aliphatic imine (C=N–C) groups is 1. The van der Waals surface area contributed by atoms with E-state index in [9.17, 15) is 24.3 Å². The summed E-state index contributed by atoms with van der Waals surface area (Å²) in [6.07, 6.45) is 1.04. The van der Waals surface area contributed by atoms with Crippen molar-refractivity contribution in [1.82, 2.24) is 5.32 Å². The van der Waals surface area contributed by atoms with Gasteiger partial charge < -0.3 is 31.9 Å². The molecule has 0 heterocycles. The van der Waals surface area contributed by atoms with Gasteiger partial charge in [0.2, 0.25) is 5.91 Å². The lowest BCUT2D eigenvalue weighted by Gasteiger charge is -2.15. The van der Waals surface area contributed by atoms with Gasteiger partial charge in [0.1, 0.15) is 5.75 Å². The molecule has 1 atom stereocenters. The van der Waals surface area contributed by atoms with Gasteiger partial charge in [-0.2, -0.15) is 0 Å².